The molecule has 0 saturated heterocycles. The number of hydrogen-bond acceptors (Lipinski definition) is 4. The van der Waals surface area contributed by atoms with E-state index in [0.29, 0.717) is 16.7 Å². The number of rotatable bonds is 5. The number of pyridine rings is 1. The van der Waals surface area contributed by atoms with Crippen LogP contribution in [0, 0.1) is 0 Å². The van der Waals surface area contributed by atoms with E-state index in [2.05, 4.69) is 4.98 Å². The molecule has 0 radical (unpaired) electrons. The predicted octanol–water partition coefficient (Wildman–Crippen LogP) is 3.46. The summed E-state index contributed by atoms with van der Waals surface area (Å²) < 4.78 is 0. The Morgan fingerprint density at radius 2 is 1.68 bits per heavy atom. The van der Waals surface area contributed by atoms with E-state index in [9.17, 15) is 9.90 Å². The number of carbonyl (C=O) groups is 1. The van der Waals surface area contributed by atoms with Gasteiger partial charge in [-0.25, -0.2) is 0 Å². The number of ketones is 1. The van der Waals surface area contributed by atoms with Crippen molar-refractivity contribution in [1.29, 1.82) is 0 Å². The molecular formula is C21H20N2O2. The van der Waals surface area contributed by atoms with Crippen molar-refractivity contribution in [2.24, 2.45) is 0 Å². The Hall–Kier alpha value is -2.98. The summed E-state index contributed by atoms with van der Waals surface area (Å²) in [6.45, 7) is 0. The predicted molar refractivity (Wildman–Crippen MR) is 98.9 cm³/mol. The van der Waals surface area contributed by atoms with Crippen molar-refractivity contribution in [3.63, 3.8) is 0 Å². The smallest absolute Gasteiger partial charge is 0.194 e. The van der Waals surface area contributed by atoms with E-state index >= 15 is 0 Å². The van der Waals surface area contributed by atoms with Crippen LogP contribution in [-0.4, -0.2) is 30.0 Å². The number of aromatic nitrogens is 1. The highest BCUT2D eigenvalue weighted by Crippen LogP contribution is 2.26. The highest BCUT2D eigenvalue weighted by Gasteiger charge is 2.20. The van der Waals surface area contributed by atoms with E-state index in [-0.39, 0.29) is 5.78 Å². The second-order valence-electron chi connectivity index (χ2n) is 6.05. The summed E-state index contributed by atoms with van der Waals surface area (Å²) in [6, 6.07) is 18.4. The van der Waals surface area contributed by atoms with Gasteiger partial charge in [0.05, 0.1) is 0 Å². The molecule has 0 spiro atoms. The summed E-state index contributed by atoms with van der Waals surface area (Å²) in [4.78, 5) is 19.0. The van der Waals surface area contributed by atoms with E-state index in [0.717, 1.165) is 11.3 Å². The summed E-state index contributed by atoms with van der Waals surface area (Å²) in [6.07, 6.45) is 2.24. The highest BCUT2D eigenvalue weighted by atomic mass is 16.3. The van der Waals surface area contributed by atoms with Crippen LogP contribution in [0.25, 0.3) is 0 Å². The van der Waals surface area contributed by atoms with Gasteiger partial charge in [-0.2, -0.15) is 0 Å². The molecule has 25 heavy (non-hydrogen) atoms. The van der Waals surface area contributed by atoms with Gasteiger partial charge in [0, 0.05) is 43.3 Å². The lowest BCUT2D eigenvalue weighted by Gasteiger charge is -2.16. The Bertz CT molecular complexity index is 859. The Morgan fingerprint density at radius 1 is 1.00 bits per heavy atom. The van der Waals surface area contributed by atoms with Gasteiger partial charge < -0.3 is 10.0 Å². The number of aliphatic hydroxyl groups excluding tert-OH is 1. The zero-order valence-electron chi connectivity index (χ0n) is 14.3. The minimum atomic E-state index is -0.871. The maximum Gasteiger partial charge on any atom is 0.194 e. The van der Waals surface area contributed by atoms with E-state index in [1.807, 2.05) is 61.5 Å². The topological polar surface area (TPSA) is 53.4 Å². The van der Waals surface area contributed by atoms with E-state index in [4.69, 9.17) is 0 Å². The molecule has 4 nitrogen and oxygen atoms in total. The zero-order valence-corrected chi connectivity index (χ0v) is 14.3. The Balaban J connectivity index is 1.96. The Labute approximate surface area is 147 Å². The highest BCUT2D eigenvalue weighted by molar-refractivity contribution is 6.10. The molecule has 1 atom stereocenters. The van der Waals surface area contributed by atoms with Crippen molar-refractivity contribution < 1.29 is 9.90 Å². The molecule has 1 N–H and O–H groups in total. The van der Waals surface area contributed by atoms with Gasteiger partial charge in [0.1, 0.15) is 6.10 Å². The van der Waals surface area contributed by atoms with Gasteiger partial charge in [0.15, 0.2) is 5.78 Å². The van der Waals surface area contributed by atoms with Crippen LogP contribution >= 0.6 is 0 Å². The summed E-state index contributed by atoms with van der Waals surface area (Å²) in [7, 11) is 3.90. The quantitative estimate of drug-likeness (QED) is 0.727. The molecule has 1 aromatic heterocycles. The molecule has 0 saturated carbocycles. The van der Waals surface area contributed by atoms with Crippen LogP contribution in [0.5, 0.6) is 0 Å². The Morgan fingerprint density at radius 3 is 2.32 bits per heavy atom. The summed E-state index contributed by atoms with van der Waals surface area (Å²) >= 11 is 0. The lowest BCUT2D eigenvalue weighted by Crippen LogP contribution is -2.11. The van der Waals surface area contributed by atoms with Crippen LogP contribution in [0.2, 0.25) is 0 Å². The first-order chi connectivity index (χ1) is 12.1. The maximum absolute atomic E-state index is 12.9. The standard InChI is InChI=1S/C21H20N2O2/c1-23(2)17-10-8-16(9-11-17)21(25)19-14-22-13-12-18(19)20(24)15-6-4-3-5-7-15/h3-14,20,24H,1-2H3. The largest absolute Gasteiger partial charge is 0.384 e. The van der Waals surface area contributed by atoms with Crippen LogP contribution in [0.3, 0.4) is 0 Å². The molecule has 4 heteroatoms. The van der Waals surface area contributed by atoms with E-state index < -0.39 is 6.10 Å². The van der Waals surface area contributed by atoms with Crippen molar-refractivity contribution in [2.75, 3.05) is 19.0 Å². The SMILES string of the molecule is CN(C)c1ccc(C(=O)c2cnccc2C(O)c2ccccc2)cc1. The maximum atomic E-state index is 12.9. The average Bonchev–Trinajstić information content (AvgIpc) is 2.67. The fourth-order valence-electron chi connectivity index (χ4n) is 2.71. The first kappa shape index (κ1) is 16.9. The molecule has 0 aliphatic heterocycles. The molecule has 0 fully saturated rings. The third kappa shape index (κ3) is 3.59. The van der Waals surface area contributed by atoms with Crippen molar-refractivity contribution >= 4 is 11.5 Å². The fraction of sp³-hybridized carbons (Fsp3) is 0.143. The van der Waals surface area contributed by atoms with Gasteiger partial charge >= 0.3 is 0 Å². The zero-order chi connectivity index (χ0) is 17.8. The van der Waals surface area contributed by atoms with Crippen LogP contribution in [0.1, 0.15) is 33.2 Å². The number of carbonyl (C=O) groups excluding carboxylic acids is 1. The lowest BCUT2D eigenvalue weighted by molar-refractivity contribution is 0.103. The monoisotopic (exact) mass is 332 g/mol. The molecule has 2 aromatic carbocycles. The van der Waals surface area contributed by atoms with Crippen LogP contribution in [0.4, 0.5) is 5.69 Å². The molecule has 0 aliphatic rings. The fourth-order valence-corrected chi connectivity index (χ4v) is 2.71. The summed E-state index contributed by atoms with van der Waals surface area (Å²) in [5.74, 6) is -0.150. The number of hydrogen-bond donors (Lipinski definition) is 1. The molecule has 3 rings (SSSR count). The normalized spacial score (nSPS) is 11.8. The van der Waals surface area contributed by atoms with Crippen LogP contribution < -0.4 is 4.90 Å². The summed E-state index contributed by atoms with van der Waals surface area (Å²) in [5.41, 5.74) is 3.30. The Kier molecular flexibility index (Phi) is 4.91. The first-order valence-corrected chi connectivity index (χ1v) is 8.07. The van der Waals surface area contributed by atoms with E-state index in [1.54, 1.807) is 24.4 Å². The average molecular weight is 332 g/mol. The molecule has 0 bridgehead atoms. The van der Waals surface area contributed by atoms with Gasteiger partial charge in [-0.1, -0.05) is 30.3 Å². The molecule has 3 aromatic rings. The summed E-state index contributed by atoms with van der Waals surface area (Å²) in [5, 5.41) is 10.7. The molecule has 0 amide bonds. The second kappa shape index (κ2) is 7.28. The van der Waals surface area contributed by atoms with Gasteiger partial charge in [-0.05, 0) is 41.5 Å². The number of anilines is 1. The third-order valence-electron chi connectivity index (χ3n) is 4.16. The molecular weight excluding hydrogens is 312 g/mol. The van der Waals surface area contributed by atoms with Gasteiger partial charge in [0.25, 0.3) is 0 Å². The van der Waals surface area contributed by atoms with Crippen LogP contribution in [0.15, 0.2) is 73.1 Å². The number of benzene rings is 2. The van der Waals surface area contributed by atoms with Gasteiger partial charge in [-0.15, -0.1) is 0 Å². The third-order valence-corrected chi connectivity index (χ3v) is 4.16. The minimum Gasteiger partial charge on any atom is -0.384 e. The van der Waals surface area contributed by atoms with Crippen molar-refractivity contribution in [3.05, 3.63) is 95.3 Å². The van der Waals surface area contributed by atoms with Gasteiger partial charge in [-0.3, -0.25) is 9.78 Å². The van der Waals surface area contributed by atoms with Crippen LogP contribution in [-0.2, 0) is 0 Å². The van der Waals surface area contributed by atoms with E-state index in [1.165, 1.54) is 6.20 Å². The molecule has 0 aliphatic carbocycles. The second-order valence-corrected chi connectivity index (χ2v) is 6.05. The number of aliphatic hydroxyl groups is 1. The molecule has 126 valence electrons. The van der Waals surface area contributed by atoms with Gasteiger partial charge in [0.2, 0.25) is 0 Å². The first-order valence-electron chi connectivity index (χ1n) is 8.07. The van der Waals surface area contributed by atoms with Crippen molar-refractivity contribution in [3.8, 4) is 0 Å². The minimum absolute atomic E-state index is 0.150. The molecule has 1 unspecified atom stereocenters. The van der Waals surface area contributed by atoms with Crippen molar-refractivity contribution in [1.82, 2.24) is 4.98 Å². The lowest BCUT2D eigenvalue weighted by atomic mass is 9.94. The molecule has 1 heterocycles. The van der Waals surface area contributed by atoms with Crippen molar-refractivity contribution in [2.45, 2.75) is 6.10 Å². The number of nitrogens with zero attached hydrogens (tertiary/aromatic N) is 2.